The number of Topliss-reactive ketones (excluding diaryl/α,β-unsaturated/α-hetero) is 1. The van der Waals surface area contributed by atoms with Crippen molar-refractivity contribution in [2.24, 2.45) is 0 Å². The first-order chi connectivity index (χ1) is 12.3. The zero-order valence-electron chi connectivity index (χ0n) is 13.6. The third-order valence-electron chi connectivity index (χ3n) is 3.96. The first-order valence-electron chi connectivity index (χ1n) is 7.76. The number of fused-ring (bicyclic) bond motifs is 1. The lowest BCUT2D eigenvalue weighted by atomic mass is 10.1. The SMILES string of the molecule is CC(OC(=O)c1ccc(C(F)(F)F)cc1)C(=O)c1c[nH]c2ccccc12. The van der Waals surface area contributed by atoms with Crippen molar-refractivity contribution in [3.8, 4) is 0 Å². The van der Waals surface area contributed by atoms with Crippen LogP contribution in [-0.2, 0) is 10.9 Å². The number of carbonyl (C=O) groups is 2. The van der Waals surface area contributed by atoms with Gasteiger partial charge in [-0.15, -0.1) is 0 Å². The Morgan fingerprint density at radius 2 is 1.69 bits per heavy atom. The highest BCUT2D eigenvalue weighted by atomic mass is 19.4. The number of ketones is 1. The maximum absolute atomic E-state index is 12.6. The predicted molar refractivity (Wildman–Crippen MR) is 89.0 cm³/mol. The molecule has 1 heterocycles. The third-order valence-corrected chi connectivity index (χ3v) is 3.96. The fourth-order valence-corrected chi connectivity index (χ4v) is 2.57. The van der Waals surface area contributed by atoms with Crippen LogP contribution in [0.5, 0.6) is 0 Å². The highest BCUT2D eigenvalue weighted by Crippen LogP contribution is 2.29. The lowest BCUT2D eigenvalue weighted by Gasteiger charge is -2.12. The average molecular weight is 361 g/mol. The van der Waals surface area contributed by atoms with E-state index >= 15 is 0 Å². The van der Waals surface area contributed by atoms with Gasteiger partial charge in [0.15, 0.2) is 6.10 Å². The van der Waals surface area contributed by atoms with Crippen LogP contribution < -0.4 is 0 Å². The minimum Gasteiger partial charge on any atom is -0.451 e. The molecule has 0 aliphatic rings. The van der Waals surface area contributed by atoms with Gasteiger partial charge < -0.3 is 9.72 Å². The van der Waals surface area contributed by atoms with Crippen LogP contribution in [0, 0.1) is 0 Å². The molecule has 2 aromatic carbocycles. The summed E-state index contributed by atoms with van der Waals surface area (Å²) in [6, 6.07) is 10.8. The van der Waals surface area contributed by atoms with Crippen molar-refractivity contribution in [3.63, 3.8) is 0 Å². The molecule has 3 rings (SSSR count). The van der Waals surface area contributed by atoms with E-state index in [0.29, 0.717) is 10.9 Å². The van der Waals surface area contributed by atoms with E-state index in [4.69, 9.17) is 4.74 Å². The van der Waals surface area contributed by atoms with Crippen molar-refractivity contribution < 1.29 is 27.5 Å². The normalized spacial score (nSPS) is 12.8. The Morgan fingerprint density at radius 1 is 1.04 bits per heavy atom. The second kappa shape index (κ2) is 6.67. The number of carbonyl (C=O) groups excluding carboxylic acids is 2. The number of esters is 1. The van der Waals surface area contributed by atoms with E-state index in [0.717, 1.165) is 29.8 Å². The number of nitrogens with one attached hydrogen (secondary N) is 1. The Labute approximate surface area is 146 Å². The van der Waals surface area contributed by atoms with Crippen LogP contribution in [0.4, 0.5) is 13.2 Å². The van der Waals surface area contributed by atoms with Gasteiger partial charge in [-0.3, -0.25) is 4.79 Å². The molecule has 0 bridgehead atoms. The van der Waals surface area contributed by atoms with Gasteiger partial charge in [-0.1, -0.05) is 18.2 Å². The van der Waals surface area contributed by atoms with Crippen molar-refractivity contribution in [1.82, 2.24) is 4.98 Å². The summed E-state index contributed by atoms with van der Waals surface area (Å²) in [6.45, 7) is 1.42. The van der Waals surface area contributed by atoms with Crippen LogP contribution in [0.2, 0.25) is 0 Å². The molecule has 1 atom stereocenters. The molecule has 0 saturated carbocycles. The van der Waals surface area contributed by atoms with Crippen molar-refractivity contribution in [1.29, 1.82) is 0 Å². The highest BCUT2D eigenvalue weighted by molar-refractivity contribution is 6.10. The summed E-state index contributed by atoms with van der Waals surface area (Å²) >= 11 is 0. The van der Waals surface area contributed by atoms with Crippen LogP contribution in [0.3, 0.4) is 0 Å². The van der Waals surface area contributed by atoms with Crippen molar-refractivity contribution in [2.45, 2.75) is 19.2 Å². The molecule has 3 aromatic rings. The molecule has 1 aromatic heterocycles. The standard InChI is InChI=1S/C19H14F3NO3/c1-11(17(24)15-10-23-16-5-3-2-4-14(15)16)26-18(25)12-6-8-13(9-7-12)19(20,21)22/h2-11,23H,1H3. The lowest BCUT2D eigenvalue weighted by Crippen LogP contribution is -2.24. The number of hydrogen-bond acceptors (Lipinski definition) is 3. The monoisotopic (exact) mass is 361 g/mol. The van der Waals surface area contributed by atoms with Crippen LogP contribution in [0.1, 0.15) is 33.2 Å². The van der Waals surface area contributed by atoms with E-state index in [2.05, 4.69) is 4.98 Å². The Kier molecular flexibility index (Phi) is 4.54. The van der Waals surface area contributed by atoms with Crippen molar-refractivity contribution in [3.05, 3.63) is 71.4 Å². The summed E-state index contributed by atoms with van der Waals surface area (Å²) in [5.41, 5.74) is 0.235. The van der Waals surface area contributed by atoms with Crippen LogP contribution in [0.25, 0.3) is 10.9 Å². The molecule has 0 aliphatic carbocycles. The summed E-state index contributed by atoms with van der Waals surface area (Å²) in [6.07, 6.45) is -4.03. The molecular formula is C19H14F3NO3. The summed E-state index contributed by atoms with van der Waals surface area (Å²) in [7, 11) is 0. The smallest absolute Gasteiger partial charge is 0.416 e. The van der Waals surface area contributed by atoms with Gasteiger partial charge in [0.2, 0.25) is 5.78 Å². The zero-order valence-corrected chi connectivity index (χ0v) is 13.6. The Bertz CT molecular complexity index is 958. The molecule has 0 fully saturated rings. The van der Waals surface area contributed by atoms with E-state index < -0.39 is 29.6 Å². The van der Waals surface area contributed by atoms with E-state index in [9.17, 15) is 22.8 Å². The lowest BCUT2D eigenvalue weighted by molar-refractivity contribution is -0.137. The molecule has 0 spiro atoms. The van der Waals surface area contributed by atoms with Gasteiger partial charge in [0.25, 0.3) is 0 Å². The van der Waals surface area contributed by atoms with Gasteiger partial charge in [-0.2, -0.15) is 13.2 Å². The summed E-state index contributed by atoms with van der Waals surface area (Å²) in [4.78, 5) is 27.6. The number of halogens is 3. The Balaban J connectivity index is 1.73. The fourth-order valence-electron chi connectivity index (χ4n) is 2.57. The van der Waals surface area contributed by atoms with Crippen LogP contribution in [0.15, 0.2) is 54.7 Å². The zero-order chi connectivity index (χ0) is 18.9. The molecule has 26 heavy (non-hydrogen) atoms. The van der Waals surface area contributed by atoms with Crippen LogP contribution >= 0.6 is 0 Å². The van der Waals surface area contributed by atoms with Crippen molar-refractivity contribution in [2.75, 3.05) is 0 Å². The maximum atomic E-state index is 12.6. The molecule has 0 amide bonds. The van der Waals surface area contributed by atoms with Crippen LogP contribution in [-0.4, -0.2) is 22.8 Å². The highest BCUT2D eigenvalue weighted by Gasteiger charge is 2.30. The van der Waals surface area contributed by atoms with Gasteiger partial charge in [0.1, 0.15) is 0 Å². The molecule has 0 aliphatic heterocycles. The van der Waals surface area contributed by atoms with Gasteiger partial charge in [-0.25, -0.2) is 4.79 Å². The fraction of sp³-hybridized carbons (Fsp3) is 0.158. The first-order valence-corrected chi connectivity index (χ1v) is 7.76. The van der Waals surface area contributed by atoms with Gasteiger partial charge in [0, 0.05) is 22.7 Å². The molecule has 4 nitrogen and oxygen atoms in total. The molecule has 7 heteroatoms. The summed E-state index contributed by atoms with van der Waals surface area (Å²) in [5.74, 6) is -1.26. The first kappa shape index (κ1) is 17.7. The number of ether oxygens (including phenoxy) is 1. The van der Waals surface area contributed by atoms with Gasteiger partial charge in [0.05, 0.1) is 11.1 Å². The average Bonchev–Trinajstić information content (AvgIpc) is 3.04. The number of hydrogen-bond donors (Lipinski definition) is 1. The molecule has 1 unspecified atom stereocenters. The number of benzene rings is 2. The molecule has 1 N–H and O–H groups in total. The number of para-hydroxylation sites is 1. The molecule has 0 saturated heterocycles. The maximum Gasteiger partial charge on any atom is 0.416 e. The minimum absolute atomic E-state index is 0.0587. The molecule has 134 valence electrons. The molecule has 0 radical (unpaired) electrons. The third kappa shape index (κ3) is 3.46. The molecular weight excluding hydrogens is 347 g/mol. The van der Waals surface area contributed by atoms with E-state index in [-0.39, 0.29) is 5.56 Å². The quantitative estimate of drug-likeness (QED) is 0.545. The topological polar surface area (TPSA) is 59.2 Å². The number of aromatic nitrogens is 1. The van der Waals surface area contributed by atoms with E-state index in [1.807, 2.05) is 12.1 Å². The predicted octanol–water partition coefficient (Wildman–Crippen LogP) is 4.61. The Morgan fingerprint density at radius 3 is 2.35 bits per heavy atom. The number of aromatic amines is 1. The number of H-pyrrole nitrogens is 1. The van der Waals surface area contributed by atoms with E-state index in [1.54, 1.807) is 12.1 Å². The Hall–Kier alpha value is -3.09. The second-order valence-corrected chi connectivity index (χ2v) is 5.73. The largest absolute Gasteiger partial charge is 0.451 e. The second-order valence-electron chi connectivity index (χ2n) is 5.73. The van der Waals surface area contributed by atoms with Gasteiger partial charge in [-0.05, 0) is 37.3 Å². The number of rotatable bonds is 4. The van der Waals surface area contributed by atoms with Crippen molar-refractivity contribution >= 4 is 22.7 Å². The van der Waals surface area contributed by atoms with Gasteiger partial charge >= 0.3 is 12.1 Å². The van der Waals surface area contributed by atoms with E-state index in [1.165, 1.54) is 13.1 Å². The summed E-state index contributed by atoms with van der Waals surface area (Å²) in [5, 5.41) is 0.704. The minimum atomic E-state index is -4.49. The summed E-state index contributed by atoms with van der Waals surface area (Å²) < 4.78 is 42.8. The number of alkyl halides is 3.